The summed E-state index contributed by atoms with van der Waals surface area (Å²) in [7, 11) is 0. The molecule has 0 saturated carbocycles. The molecule has 0 radical (unpaired) electrons. The van der Waals surface area contributed by atoms with E-state index in [1.165, 1.54) is 6.33 Å². The molecule has 4 rings (SSSR count). The molecule has 1 aliphatic rings. The van der Waals surface area contributed by atoms with Crippen LogP contribution in [0.1, 0.15) is 35.9 Å². The number of carbonyl (C=O) groups is 1. The van der Waals surface area contributed by atoms with Gasteiger partial charge in [-0.05, 0) is 35.7 Å². The Bertz CT molecular complexity index is 902. The molecule has 1 unspecified atom stereocenters. The molecule has 2 aromatic carbocycles. The molecule has 1 atom stereocenters. The zero-order valence-electron chi connectivity index (χ0n) is 14.8. The largest absolute Gasteiger partial charge is 0.361 e. The number of hydrogen-bond acceptors (Lipinski definition) is 4. The minimum absolute atomic E-state index is 0.0680. The Balaban J connectivity index is 1.70. The van der Waals surface area contributed by atoms with E-state index in [2.05, 4.69) is 29.2 Å². The third kappa shape index (κ3) is 2.94. The van der Waals surface area contributed by atoms with Gasteiger partial charge in [0.05, 0.1) is 11.3 Å². The normalized spacial score (nSPS) is 16.5. The maximum Gasteiger partial charge on any atom is 0.257 e. The number of carbonyl (C=O) groups excluding carboxylic acids is 1. The summed E-state index contributed by atoms with van der Waals surface area (Å²) in [6.07, 6.45) is 2.99. The van der Waals surface area contributed by atoms with Crippen LogP contribution in [-0.2, 0) is 0 Å². The molecule has 1 aromatic heterocycles. The highest BCUT2D eigenvalue weighted by Gasteiger charge is 2.32. The van der Waals surface area contributed by atoms with Gasteiger partial charge in [0, 0.05) is 12.2 Å². The quantitative estimate of drug-likeness (QED) is 0.785. The SMILES string of the molecule is CC(C)CN1C(=O)c2ccccc2NC1c1ccc(-n2cncn2)cc1. The van der Waals surface area contributed by atoms with Gasteiger partial charge in [0.1, 0.15) is 18.8 Å². The number of benzene rings is 2. The second-order valence-electron chi connectivity index (χ2n) is 6.88. The first-order valence-electron chi connectivity index (χ1n) is 8.75. The number of fused-ring (bicyclic) bond motifs is 1. The molecule has 1 N–H and O–H groups in total. The first-order valence-corrected chi connectivity index (χ1v) is 8.75. The van der Waals surface area contributed by atoms with Crippen LogP contribution in [0.25, 0.3) is 5.69 Å². The second-order valence-corrected chi connectivity index (χ2v) is 6.88. The number of nitrogens with one attached hydrogen (secondary N) is 1. The molecule has 6 nitrogen and oxygen atoms in total. The molecule has 1 amide bonds. The average Bonchev–Trinajstić information content (AvgIpc) is 3.19. The van der Waals surface area contributed by atoms with Gasteiger partial charge in [0.25, 0.3) is 5.91 Å². The second kappa shape index (κ2) is 6.63. The van der Waals surface area contributed by atoms with Gasteiger partial charge in [-0.2, -0.15) is 5.10 Å². The van der Waals surface area contributed by atoms with Crippen molar-refractivity contribution < 1.29 is 4.79 Å². The third-order valence-electron chi connectivity index (χ3n) is 4.48. The molecule has 2 heterocycles. The highest BCUT2D eigenvalue weighted by molar-refractivity contribution is 6.01. The summed E-state index contributed by atoms with van der Waals surface area (Å²) in [4.78, 5) is 18.9. The predicted molar refractivity (Wildman–Crippen MR) is 100 cm³/mol. The summed E-state index contributed by atoms with van der Waals surface area (Å²) in [6.45, 7) is 4.94. The van der Waals surface area contributed by atoms with Gasteiger partial charge in [0.2, 0.25) is 0 Å². The van der Waals surface area contributed by atoms with E-state index in [1.807, 2.05) is 53.4 Å². The van der Waals surface area contributed by atoms with Crippen LogP contribution in [0.15, 0.2) is 61.2 Å². The first-order chi connectivity index (χ1) is 12.6. The lowest BCUT2D eigenvalue weighted by atomic mass is 10.0. The van der Waals surface area contributed by atoms with Gasteiger partial charge >= 0.3 is 0 Å². The van der Waals surface area contributed by atoms with Gasteiger partial charge in [-0.1, -0.05) is 38.1 Å². The molecule has 0 saturated heterocycles. The fourth-order valence-corrected chi connectivity index (χ4v) is 3.29. The smallest absolute Gasteiger partial charge is 0.257 e. The van der Waals surface area contributed by atoms with E-state index in [0.717, 1.165) is 22.5 Å². The van der Waals surface area contributed by atoms with Crippen molar-refractivity contribution in [3.05, 3.63) is 72.3 Å². The Hall–Kier alpha value is -3.15. The maximum atomic E-state index is 13.1. The summed E-state index contributed by atoms with van der Waals surface area (Å²) in [5.74, 6) is 0.446. The molecule has 0 aliphatic carbocycles. The lowest BCUT2D eigenvalue weighted by Gasteiger charge is -2.39. The maximum absolute atomic E-state index is 13.1. The van der Waals surface area contributed by atoms with Crippen LogP contribution in [0, 0.1) is 5.92 Å². The van der Waals surface area contributed by atoms with Crippen LogP contribution in [-0.4, -0.2) is 32.1 Å². The van der Waals surface area contributed by atoms with Crippen molar-refractivity contribution in [3.63, 3.8) is 0 Å². The first kappa shape index (κ1) is 16.3. The van der Waals surface area contributed by atoms with E-state index in [9.17, 15) is 4.79 Å². The third-order valence-corrected chi connectivity index (χ3v) is 4.48. The molecule has 26 heavy (non-hydrogen) atoms. The number of anilines is 1. The topological polar surface area (TPSA) is 63.1 Å². The summed E-state index contributed by atoms with van der Waals surface area (Å²) in [5, 5.41) is 7.67. The molecule has 6 heteroatoms. The average molecular weight is 347 g/mol. The Morgan fingerprint density at radius 3 is 2.58 bits per heavy atom. The minimum atomic E-state index is -0.190. The molecule has 1 aliphatic heterocycles. The van der Waals surface area contributed by atoms with E-state index in [4.69, 9.17) is 0 Å². The Labute approximate surface area is 152 Å². The van der Waals surface area contributed by atoms with E-state index >= 15 is 0 Å². The standard InChI is InChI=1S/C20H21N5O/c1-14(2)11-24-19(23-18-6-4-3-5-17(18)20(24)26)15-7-9-16(10-8-15)25-13-21-12-22-25/h3-10,12-14,19,23H,11H2,1-2H3. The number of nitrogens with zero attached hydrogens (tertiary/aromatic N) is 4. The fourth-order valence-electron chi connectivity index (χ4n) is 3.29. The van der Waals surface area contributed by atoms with E-state index < -0.39 is 0 Å². The lowest BCUT2D eigenvalue weighted by molar-refractivity contribution is 0.0658. The van der Waals surface area contributed by atoms with Gasteiger partial charge in [-0.25, -0.2) is 9.67 Å². The summed E-state index contributed by atoms with van der Waals surface area (Å²) < 4.78 is 1.71. The molecular weight excluding hydrogens is 326 g/mol. The van der Waals surface area contributed by atoms with E-state index in [0.29, 0.717) is 12.5 Å². The summed E-state index contributed by atoms with van der Waals surface area (Å²) in [5.41, 5.74) is 3.58. The highest BCUT2D eigenvalue weighted by Crippen LogP contribution is 2.33. The van der Waals surface area contributed by atoms with Crippen molar-refractivity contribution in [2.75, 3.05) is 11.9 Å². The molecule has 3 aromatic rings. The summed E-state index contributed by atoms with van der Waals surface area (Å²) in [6, 6.07) is 15.7. The van der Waals surface area contributed by atoms with Gasteiger partial charge in [-0.15, -0.1) is 0 Å². The van der Waals surface area contributed by atoms with E-state index in [1.54, 1.807) is 11.0 Å². The zero-order valence-corrected chi connectivity index (χ0v) is 14.8. The molecule has 132 valence electrons. The van der Waals surface area contributed by atoms with Crippen LogP contribution in [0.3, 0.4) is 0 Å². The van der Waals surface area contributed by atoms with Gasteiger partial charge in [0.15, 0.2) is 0 Å². The molecule has 0 fully saturated rings. The van der Waals surface area contributed by atoms with Gasteiger partial charge < -0.3 is 10.2 Å². The molecule has 0 bridgehead atoms. The molecular formula is C20H21N5O. The molecule has 0 spiro atoms. The van der Waals surface area contributed by atoms with Crippen molar-refractivity contribution in [2.45, 2.75) is 20.0 Å². The van der Waals surface area contributed by atoms with Crippen molar-refractivity contribution in [1.82, 2.24) is 19.7 Å². The zero-order chi connectivity index (χ0) is 18.1. The minimum Gasteiger partial charge on any atom is -0.361 e. The van der Waals surface area contributed by atoms with Crippen LogP contribution in [0.2, 0.25) is 0 Å². The van der Waals surface area contributed by atoms with Crippen LogP contribution in [0.4, 0.5) is 5.69 Å². The van der Waals surface area contributed by atoms with Gasteiger partial charge in [-0.3, -0.25) is 4.79 Å². The lowest BCUT2D eigenvalue weighted by Crippen LogP contribution is -2.44. The summed E-state index contributed by atoms with van der Waals surface area (Å²) >= 11 is 0. The Kier molecular flexibility index (Phi) is 4.16. The monoisotopic (exact) mass is 347 g/mol. The number of aromatic nitrogens is 3. The number of hydrogen-bond donors (Lipinski definition) is 1. The fraction of sp³-hybridized carbons (Fsp3) is 0.250. The van der Waals surface area contributed by atoms with Crippen LogP contribution >= 0.6 is 0 Å². The van der Waals surface area contributed by atoms with Crippen molar-refractivity contribution in [3.8, 4) is 5.69 Å². The van der Waals surface area contributed by atoms with Crippen molar-refractivity contribution >= 4 is 11.6 Å². The number of rotatable bonds is 4. The Morgan fingerprint density at radius 2 is 1.88 bits per heavy atom. The van der Waals surface area contributed by atoms with Crippen LogP contribution in [0.5, 0.6) is 0 Å². The van der Waals surface area contributed by atoms with E-state index in [-0.39, 0.29) is 12.1 Å². The number of amides is 1. The van der Waals surface area contributed by atoms with Crippen molar-refractivity contribution in [1.29, 1.82) is 0 Å². The Morgan fingerprint density at radius 1 is 1.12 bits per heavy atom. The number of para-hydroxylation sites is 1. The predicted octanol–water partition coefficient (Wildman–Crippen LogP) is 3.49. The van der Waals surface area contributed by atoms with Crippen LogP contribution < -0.4 is 5.32 Å². The highest BCUT2D eigenvalue weighted by atomic mass is 16.2. The van der Waals surface area contributed by atoms with Crippen molar-refractivity contribution in [2.24, 2.45) is 5.92 Å².